The van der Waals surface area contributed by atoms with Crippen molar-refractivity contribution >= 4 is 44.2 Å². The van der Waals surface area contributed by atoms with Gasteiger partial charge in [0.1, 0.15) is 5.75 Å². The molecule has 4 aromatic rings. The Morgan fingerprint density at radius 1 is 1.26 bits per heavy atom. The van der Waals surface area contributed by atoms with Crippen molar-refractivity contribution in [3.8, 4) is 11.4 Å². The van der Waals surface area contributed by atoms with E-state index in [9.17, 15) is 18.0 Å². The van der Waals surface area contributed by atoms with E-state index in [-0.39, 0.29) is 15.8 Å². The van der Waals surface area contributed by atoms with E-state index in [2.05, 4.69) is 15.4 Å². The lowest BCUT2D eigenvalue weighted by Gasteiger charge is -2.12. The van der Waals surface area contributed by atoms with Crippen molar-refractivity contribution in [3.63, 3.8) is 0 Å². The highest BCUT2D eigenvalue weighted by Crippen LogP contribution is 2.35. The predicted octanol–water partition coefficient (Wildman–Crippen LogP) is 5.81. The number of fused-ring (bicyclic) bond motifs is 1. The van der Waals surface area contributed by atoms with Crippen molar-refractivity contribution in [1.29, 1.82) is 0 Å². The summed E-state index contributed by atoms with van der Waals surface area (Å²) in [5, 5.41) is 6.62. The summed E-state index contributed by atoms with van der Waals surface area (Å²) in [6.07, 6.45) is -3.95. The Bertz CT molecular complexity index is 1270. The number of benzene rings is 2. The fourth-order valence-corrected chi connectivity index (χ4v) is 4.04. The van der Waals surface area contributed by atoms with E-state index in [1.165, 1.54) is 24.3 Å². The number of aromatic nitrogens is 3. The minimum absolute atomic E-state index is 0.0855. The topological polar surface area (TPSA) is 69.0 Å². The summed E-state index contributed by atoms with van der Waals surface area (Å²) in [6.45, 7) is 2.34. The number of thiazole rings is 1. The number of rotatable bonds is 5. The van der Waals surface area contributed by atoms with Crippen molar-refractivity contribution in [2.75, 3.05) is 11.9 Å². The number of nitrogens with one attached hydrogen (secondary N) is 1. The number of hydrogen-bond acceptors (Lipinski definition) is 5. The van der Waals surface area contributed by atoms with Crippen LogP contribution in [0, 0.1) is 0 Å². The van der Waals surface area contributed by atoms with Crippen molar-refractivity contribution in [2.24, 2.45) is 0 Å². The molecule has 0 fully saturated rings. The first kappa shape index (κ1) is 21.1. The second kappa shape index (κ2) is 8.20. The maximum absolute atomic E-state index is 13.8. The summed E-state index contributed by atoms with van der Waals surface area (Å²) in [5.41, 5.74) is -1.15. The molecule has 160 valence electrons. The average Bonchev–Trinajstić information content (AvgIpc) is 3.31. The standard InChI is InChI=1S/C20H14ClF3N4O2S/c1-2-30-13-6-7-15-16(9-13)31-19(26-15)27-18(29)14-10-25-28(17(14)20(22,23)24)12-5-3-4-11(21)8-12/h3-10H,2H2,1H3,(H,26,27,29). The number of halogens is 4. The molecule has 0 aliphatic carbocycles. The molecule has 0 aliphatic rings. The molecule has 0 radical (unpaired) electrons. The highest BCUT2D eigenvalue weighted by Gasteiger charge is 2.40. The molecule has 0 spiro atoms. The van der Waals surface area contributed by atoms with Gasteiger partial charge in [-0.15, -0.1) is 0 Å². The minimum Gasteiger partial charge on any atom is -0.494 e. The van der Waals surface area contributed by atoms with Crippen LogP contribution in [0.3, 0.4) is 0 Å². The first-order valence-corrected chi connectivity index (χ1v) is 10.2. The number of ether oxygens (including phenoxy) is 1. The highest BCUT2D eigenvalue weighted by atomic mass is 35.5. The lowest BCUT2D eigenvalue weighted by atomic mass is 10.2. The van der Waals surface area contributed by atoms with Gasteiger partial charge in [0, 0.05) is 5.02 Å². The molecule has 0 aliphatic heterocycles. The van der Waals surface area contributed by atoms with Crippen molar-refractivity contribution in [3.05, 3.63) is 64.9 Å². The Labute approximate surface area is 183 Å². The van der Waals surface area contributed by atoms with Gasteiger partial charge in [-0.2, -0.15) is 18.3 Å². The first-order chi connectivity index (χ1) is 14.8. The molecule has 31 heavy (non-hydrogen) atoms. The van der Waals surface area contributed by atoms with Crippen LogP contribution in [0.4, 0.5) is 18.3 Å². The van der Waals surface area contributed by atoms with Crippen LogP contribution in [0.1, 0.15) is 23.0 Å². The molecule has 0 saturated heterocycles. The summed E-state index contributed by atoms with van der Waals surface area (Å²) >= 11 is 7.02. The maximum atomic E-state index is 13.8. The molecule has 11 heteroatoms. The summed E-state index contributed by atoms with van der Waals surface area (Å²) < 4.78 is 48.2. The van der Waals surface area contributed by atoms with E-state index in [0.717, 1.165) is 22.2 Å². The van der Waals surface area contributed by atoms with E-state index in [1.807, 2.05) is 6.92 Å². The fraction of sp³-hybridized carbons (Fsp3) is 0.150. The largest absolute Gasteiger partial charge is 0.494 e. The SMILES string of the molecule is CCOc1ccc2nc(NC(=O)c3cnn(-c4cccc(Cl)c4)c3C(F)(F)F)sc2c1. The second-order valence-electron chi connectivity index (χ2n) is 6.33. The molecule has 2 heterocycles. The van der Waals surface area contributed by atoms with Crippen LogP contribution in [0.2, 0.25) is 5.02 Å². The van der Waals surface area contributed by atoms with Crippen LogP contribution in [-0.4, -0.2) is 27.3 Å². The van der Waals surface area contributed by atoms with Gasteiger partial charge in [-0.1, -0.05) is 29.0 Å². The number of carbonyl (C=O) groups excluding carboxylic acids is 1. The maximum Gasteiger partial charge on any atom is 0.434 e. The molecule has 6 nitrogen and oxygen atoms in total. The van der Waals surface area contributed by atoms with Crippen LogP contribution in [0.25, 0.3) is 15.9 Å². The van der Waals surface area contributed by atoms with Crippen LogP contribution >= 0.6 is 22.9 Å². The van der Waals surface area contributed by atoms with Gasteiger partial charge in [0.15, 0.2) is 10.8 Å². The zero-order chi connectivity index (χ0) is 22.2. The molecule has 0 saturated carbocycles. The minimum atomic E-state index is -4.83. The Hall–Kier alpha value is -3.11. The Balaban J connectivity index is 1.68. The molecule has 1 N–H and O–H groups in total. The van der Waals surface area contributed by atoms with E-state index in [4.69, 9.17) is 16.3 Å². The average molecular weight is 467 g/mol. The molecule has 4 rings (SSSR count). The monoisotopic (exact) mass is 466 g/mol. The Kier molecular flexibility index (Phi) is 5.59. The lowest BCUT2D eigenvalue weighted by Crippen LogP contribution is -2.20. The van der Waals surface area contributed by atoms with E-state index < -0.39 is 23.3 Å². The van der Waals surface area contributed by atoms with Gasteiger partial charge in [0.05, 0.1) is 34.3 Å². The summed E-state index contributed by atoms with van der Waals surface area (Å²) in [5.74, 6) is -0.330. The lowest BCUT2D eigenvalue weighted by molar-refractivity contribution is -0.143. The highest BCUT2D eigenvalue weighted by molar-refractivity contribution is 7.22. The smallest absolute Gasteiger partial charge is 0.434 e. The van der Waals surface area contributed by atoms with Crippen LogP contribution in [-0.2, 0) is 6.18 Å². The molecule has 0 bridgehead atoms. The number of amides is 1. The van der Waals surface area contributed by atoms with Crippen molar-refractivity contribution < 1.29 is 22.7 Å². The van der Waals surface area contributed by atoms with Gasteiger partial charge < -0.3 is 4.74 Å². The van der Waals surface area contributed by atoms with Gasteiger partial charge >= 0.3 is 6.18 Å². The fourth-order valence-electron chi connectivity index (χ4n) is 2.97. The van der Waals surface area contributed by atoms with Gasteiger partial charge in [0.2, 0.25) is 0 Å². The van der Waals surface area contributed by atoms with Crippen molar-refractivity contribution in [1.82, 2.24) is 14.8 Å². The summed E-state index contributed by atoms with van der Waals surface area (Å²) in [4.78, 5) is 16.9. The number of carbonyl (C=O) groups is 1. The van der Waals surface area contributed by atoms with E-state index in [1.54, 1.807) is 18.2 Å². The van der Waals surface area contributed by atoms with Gasteiger partial charge in [0.25, 0.3) is 5.91 Å². The third-order valence-electron chi connectivity index (χ3n) is 4.23. The Morgan fingerprint density at radius 3 is 2.77 bits per heavy atom. The predicted molar refractivity (Wildman–Crippen MR) is 112 cm³/mol. The van der Waals surface area contributed by atoms with Crippen molar-refractivity contribution in [2.45, 2.75) is 13.1 Å². The number of nitrogens with zero attached hydrogens (tertiary/aromatic N) is 3. The molecule has 2 aromatic heterocycles. The number of anilines is 1. The molecule has 0 atom stereocenters. The van der Waals surface area contributed by atoms with Gasteiger partial charge in [-0.05, 0) is 43.3 Å². The van der Waals surface area contributed by atoms with Crippen LogP contribution < -0.4 is 10.1 Å². The van der Waals surface area contributed by atoms with E-state index in [0.29, 0.717) is 22.6 Å². The van der Waals surface area contributed by atoms with Gasteiger partial charge in [-0.3, -0.25) is 10.1 Å². The molecular weight excluding hydrogens is 453 g/mol. The normalized spacial score (nSPS) is 11.6. The zero-order valence-electron chi connectivity index (χ0n) is 15.9. The van der Waals surface area contributed by atoms with E-state index >= 15 is 0 Å². The van der Waals surface area contributed by atoms with Gasteiger partial charge in [-0.25, -0.2) is 9.67 Å². The molecule has 1 amide bonds. The summed E-state index contributed by atoms with van der Waals surface area (Å²) in [6, 6.07) is 11.0. The van der Waals surface area contributed by atoms with Crippen LogP contribution in [0.5, 0.6) is 5.75 Å². The third-order valence-corrected chi connectivity index (χ3v) is 5.40. The third kappa shape index (κ3) is 4.35. The number of alkyl halides is 3. The second-order valence-corrected chi connectivity index (χ2v) is 7.80. The summed E-state index contributed by atoms with van der Waals surface area (Å²) in [7, 11) is 0. The van der Waals surface area contributed by atoms with Crippen LogP contribution in [0.15, 0.2) is 48.7 Å². The molecule has 2 aromatic carbocycles. The molecule has 0 unspecified atom stereocenters. The first-order valence-electron chi connectivity index (χ1n) is 9.02. The Morgan fingerprint density at radius 2 is 2.06 bits per heavy atom. The number of hydrogen-bond donors (Lipinski definition) is 1. The molecular formula is C20H14ClF3N4O2S. The quantitative estimate of drug-likeness (QED) is 0.403. The zero-order valence-corrected chi connectivity index (χ0v) is 17.5.